The summed E-state index contributed by atoms with van der Waals surface area (Å²) in [6.45, 7) is 19.5. The predicted molar refractivity (Wildman–Crippen MR) is 85.8 cm³/mol. The SMILES string of the molecule is C#C[C@@H](C)[C@H](C)O[Si](C)(C)C(C)(C)C.C[C@@H]1O[C@@H]1C. The zero-order valence-electron chi connectivity index (χ0n) is 14.2. The van der Waals surface area contributed by atoms with Crippen molar-refractivity contribution in [1.82, 2.24) is 0 Å². The molecule has 0 N–H and O–H groups in total. The first-order valence-corrected chi connectivity index (χ1v) is 10.1. The highest BCUT2D eigenvalue weighted by Gasteiger charge is 2.38. The fourth-order valence-corrected chi connectivity index (χ4v) is 2.66. The lowest BCUT2D eigenvalue weighted by atomic mass is 10.1. The molecule has 2 nitrogen and oxygen atoms in total. The van der Waals surface area contributed by atoms with Gasteiger partial charge in [-0.2, -0.15) is 0 Å². The summed E-state index contributed by atoms with van der Waals surface area (Å²) in [6.07, 6.45) is 6.66. The molecule has 0 radical (unpaired) electrons. The van der Waals surface area contributed by atoms with Crippen LogP contribution in [-0.4, -0.2) is 26.6 Å². The molecule has 0 spiro atoms. The van der Waals surface area contributed by atoms with Crippen molar-refractivity contribution in [3.8, 4) is 12.3 Å². The van der Waals surface area contributed by atoms with E-state index < -0.39 is 8.32 Å². The lowest BCUT2D eigenvalue weighted by Crippen LogP contribution is -2.44. The van der Waals surface area contributed by atoms with Crippen LogP contribution in [0.4, 0.5) is 0 Å². The summed E-state index contributed by atoms with van der Waals surface area (Å²) in [5.41, 5.74) is 0. The normalized spacial score (nSPS) is 25.7. The molecule has 19 heavy (non-hydrogen) atoms. The fourth-order valence-electron chi connectivity index (χ4n) is 1.17. The zero-order valence-corrected chi connectivity index (χ0v) is 15.2. The van der Waals surface area contributed by atoms with Crippen LogP contribution in [0.25, 0.3) is 0 Å². The van der Waals surface area contributed by atoms with E-state index in [2.05, 4.69) is 60.6 Å². The largest absolute Gasteiger partial charge is 0.413 e. The van der Waals surface area contributed by atoms with Crippen molar-refractivity contribution < 1.29 is 9.16 Å². The highest BCUT2D eigenvalue weighted by Crippen LogP contribution is 2.37. The second-order valence-electron chi connectivity index (χ2n) is 7.08. The van der Waals surface area contributed by atoms with E-state index in [9.17, 15) is 0 Å². The predicted octanol–water partition coefficient (Wildman–Crippen LogP) is 4.46. The molecule has 0 saturated carbocycles. The van der Waals surface area contributed by atoms with Crippen molar-refractivity contribution >= 4 is 8.32 Å². The lowest BCUT2D eigenvalue weighted by molar-refractivity contribution is 0.167. The molecule has 1 fully saturated rings. The first-order valence-electron chi connectivity index (χ1n) is 7.21. The number of hydrogen-bond donors (Lipinski definition) is 0. The Morgan fingerprint density at radius 2 is 1.53 bits per heavy atom. The van der Waals surface area contributed by atoms with Crippen LogP contribution in [-0.2, 0) is 9.16 Å². The smallest absolute Gasteiger partial charge is 0.192 e. The van der Waals surface area contributed by atoms with E-state index in [0.29, 0.717) is 12.2 Å². The second-order valence-corrected chi connectivity index (χ2v) is 11.8. The van der Waals surface area contributed by atoms with Crippen molar-refractivity contribution in [2.75, 3.05) is 0 Å². The molecule has 4 atom stereocenters. The molecule has 112 valence electrons. The van der Waals surface area contributed by atoms with Crippen molar-refractivity contribution in [1.29, 1.82) is 0 Å². The van der Waals surface area contributed by atoms with E-state index in [1.54, 1.807) is 0 Å². The number of rotatable bonds is 3. The first-order chi connectivity index (χ1) is 8.42. The van der Waals surface area contributed by atoms with E-state index >= 15 is 0 Å². The molecule has 3 heteroatoms. The van der Waals surface area contributed by atoms with Gasteiger partial charge in [0, 0.05) is 5.92 Å². The summed E-state index contributed by atoms with van der Waals surface area (Å²) in [4.78, 5) is 0. The topological polar surface area (TPSA) is 21.8 Å². The van der Waals surface area contributed by atoms with E-state index in [4.69, 9.17) is 15.6 Å². The van der Waals surface area contributed by atoms with Gasteiger partial charge < -0.3 is 9.16 Å². The van der Waals surface area contributed by atoms with Crippen LogP contribution in [0.2, 0.25) is 18.1 Å². The number of terminal acetylenes is 1. The van der Waals surface area contributed by atoms with Crippen LogP contribution < -0.4 is 0 Å². The van der Waals surface area contributed by atoms with Gasteiger partial charge in [0.05, 0.1) is 18.3 Å². The molecule has 1 aliphatic rings. The maximum atomic E-state index is 6.15. The van der Waals surface area contributed by atoms with Gasteiger partial charge in [-0.05, 0) is 45.8 Å². The van der Waals surface area contributed by atoms with Crippen molar-refractivity contribution in [3.63, 3.8) is 0 Å². The maximum absolute atomic E-state index is 6.15. The fraction of sp³-hybridized carbons (Fsp3) is 0.875. The second kappa shape index (κ2) is 6.92. The summed E-state index contributed by atoms with van der Waals surface area (Å²) in [5, 5.41) is 0.260. The highest BCUT2D eigenvalue weighted by atomic mass is 28.4. The monoisotopic (exact) mass is 284 g/mol. The minimum Gasteiger partial charge on any atom is -0.413 e. The van der Waals surface area contributed by atoms with Gasteiger partial charge >= 0.3 is 0 Å². The van der Waals surface area contributed by atoms with E-state index in [0.717, 1.165) is 0 Å². The summed E-state index contributed by atoms with van der Waals surface area (Å²) in [5.74, 6) is 2.93. The zero-order chi connectivity index (χ0) is 15.4. The van der Waals surface area contributed by atoms with E-state index in [1.807, 2.05) is 6.92 Å². The number of ether oxygens (including phenoxy) is 1. The first kappa shape index (κ1) is 18.7. The van der Waals surface area contributed by atoms with Crippen LogP contribution in [0.15, 0.2) is 0 Å². The standard InChI is InChI=1S/C12H24OSi.C4H8O/c1-9-10(2)11(3)13-14(7,8)12(4,5)6;1-3-4(2)5-3/h1,10-11H,2-8H3;3-4H,1-2H3/t10-,11+;3-,4+/m1./s1. The summed E-state index contributed by atoms with van der Waals surface area (Å²) < 4.78 is 11.1. The molecule has 1 heterocycles. The molecule has 0 aromatic carbocycles. The number of hydrogen-bond acceptors (Lipinski definition) is 2. The van der Waals surface area contributed by atoms with Crippen LogP contribution in [0.5, 0.6) is 0 Å². The number of epoxide rings is 1. The Morgan fingerprint density at radius 1 is 1.16 bits per heavy atom. The van der Waals surface area contributed by atoms with Crippen LogP contribution in [0, 0.1) is 18.3 Å². The van der Waals surface area contributed by atoms with Gasteiger partial charge in [0.25, 0.3) is 0 Å². The quantitative estimate of drug-likeness (QED) is 0.433. The van der Waals surface area contributed by atoms with Gasteiger partial charge in [0.1, 0.15) is 0 Å². The Balaban J connectivity index is 0.000000532. The average molecular weight is 285 g/mol. The van der Waals surface area contributed by atoms with Crippen molar-refractivity contribution in [3.05, 3.63) is 0 Å². The van der Waals surface area contributed by atoms with Crippen molar-refractivity contribution in [2.24, 2.45) is 5.92 Å². The van der Waals surface area contributed by atoms with Gasteiger partial charge in [-0.15, -0.1) is 12.3 Å². The molecule has 1 aliphatic heterocycles. The van der Waals surface area contributed by atoms with E-state index in [-0.39, 0.29) is 17.1 Å². The lowest BCUT2D eigenvalue weighted by Gasteiger charge is -2.39. The molecular formula is C16H32O2Si. The van der Waals surface area contributed by atoms with E-state index in [1.165, 1.54) is 0 Å². The summed E-state index contributed by atoms with van der Waals surface area (Å²) in [7, 11) is -1.64. The molecule has 0 aromatic rings. The highest BCUT2D eigenvalue weighted by molar-refractivity contribution is 6.74. The van der Waals surface area contributed by atoms with Crippen LogP contribution >= 0.6 is 0 Å². The van der Waals surface area contributed by atoms with Gasteiger partial charge in [0.15, 0.2) is 8.32 Å². The molecule has 0 amide bonds. The average Bonchev–Trinajstić information content (AvgIpc) is 2.89. The van der Waals surface area contributed by atoms with Crippen LogP contribution in [0.3, 0.4) is 0 Å². The Bertz CT molecular complexity index is 306. The van der Waals surface area contributed by atoms with Crippen molar-refractivity contribution in [2.45, 2.75) is 84.9 Å². The summed E-state index contributed by atoms with van der Waals surface area (Å²) >= 11 is 0. The third-order valence-corrected chi connectivity index (χ3v) is 8.84. The third kappa shape index (κ3) is 6.60. The van der Waals surface area contributed by atoms with Crippen LogP contribution in [0.1, 0.15) is 48.5 Å². The van der Waals surface area contributed by atoms with Gasteiger partial charge in [-0.25, -0.2) is 0 Å². The van der Waals surface area contributed by atoms with Gasteiger partial charge in [0.2, 0.25) is 0 Å². The van der Waals surface area contributed by atoms with Gasteiger partial charge in [-0.3, -0.25) is 0 Å². The molecule has 1 rings (SSSR count). The molecule has 1 saturated heterocycles. The Labute approximate surface area is 121 Å². The minimum absolute atomic E-state index is 0.167. The van der Waals surface area contributed by atoms with Gasteiger partial charge in [-0.1, -0.05) is 20.8 Å². The molecular weight excluding hydrogens is 252 g/mol. The Morgan fingerprint density at radius 3 is 1.74 bits per heavy atom. The molecule has 0 bridgehead atoms. The maximum Gasteiger partial charge on any atom is 0.192 e. The molecule has 0 unspecified atom stereocenters. The molecule has 0 aromatic heterocycles. The Hall–Kier alpha value is -0.303. The Kier molecular flexibility index (Phi) is 6.81. The third-order valence-electron chi connectivity index (χ3n) is 4.27. The minimum atomic E-state index is -1.64. The molecule has 0 aliphatic carbocycles. The summed E-state index contributed by atoms with van der Waals surface area (Å²) in [6, 6.07) is 0.